The number of hydrogen-bond donors (Lipinski definition) is 11. The Morgan fingerprint density at radius 1 is 0.900 bits per heavy atom. The average Bonchev–Trinajstić information content (AvgIpc) is 3.97. The van der Waals surface area contributed by atoms with Gasteiger partial charge in [0.2, 0.25) is 53.2 Å². The molecule has 0 aliphatic carbocycles. The lowest BCUT2D eigenvalue weighted by molar-refractivity contribution is -0.142. The van der Waals surface area contributed by atoms with E-state index in [9.17, 15) is 48.3 Å². The smallest absolute Gasteiger partial charge is 0.246 e. The van der Waals surface area contributed by atoms with Gasteiger partial charge in [-0.2, -0.15) is 11.8 Å². The number of amides is 9. The van der Waals surface area contributed by atoms with Crippen LogP contribution in [0.2, 0.25) is 5.02 Å². The quantitative estimate of drug-likeness (QED) is 0.0509. The van der Waals surface area contributed by atoms with Crippen LogP contribution in [0.15, 0.2) is 46.8 Å². The summed E-state index contributed by atoms with van der Waals surface area (Å²) >= 11 is 8.63. The maximum Gasteiger partial charge on any atom is 0.246 e. The SMILES string of the molecule is CCNC(=O)[C@@H](CCCN=C(N)N)NC(=O)[C@@H]1C[C@@H](O)CN1C(=O)[C@@H]1CSCCCC(=O)N[C@@H](Cc2ccc(Cl)cc2)C(=O)N[C@@H](Cc2cccs2)C(=O)N[C@@H](C(C)C)C(=O)N[C@@H](CC(N)=O)C(=O)N1. The molecule has 0 unspecified atom stereocenters. The van der Waals surface area contributed by atoms with Crippen molar-refractivity contribution < 1.29 is 48.3 Å². The zero-order chi connectivity index (χ0) is 51.5. The van der Waals surface area contributed by atoms with Gasteiger partial charge in [0.1, 0.15) is 42.3 Å². The number of likely N-dealkylation sites (N-methyl/N-ethyl adjacent to an activating group) is 1. The number of likely N-dealkylation sites (tertiary alicyclic amines) is 1. The van der Waals surface area contributed by atoms with E-state index in [-0.39, 0.29) is 75.6 Å². The number of β-amino-alcohol motifs (C(OH)–C–C–N with tert-alkyl or cyclic N) is 1. The molecule has 14 N–H and O–H groups in total. The van der Waals surface area contributed by atoms with Crippen LogP contribution in [0, 0.1) is 5.92 Å². The maximum absolute atomic E-state index is 14.6. The Hall–Kier alpha value is -5.98. The number of aliphatic hydroxyl groups excluding tert-OH is 1. The second-order valence-corrected chi connectivity index (χ2v) is 19.9. The molecule has 2 aliphatic heterocycles. The van der Waals surface area contributed by atoms with Crippen LogP contribution in [0.4, 0.5) is 0 Å². The van der Waals surface area contributed by atoms with E-state index in [2.05, 4.69) is 42.2 Å². The Bertz CT molecular complexity index is 2180. The summed E-state index contributed by atoms with van der Waals surface area (Å²) in [7, 11) is 0. The number of nitrogens with one attached hydrogen (secondary N) is 7. The third-order valence-corrected chi connectivity index (χ3v) is 13.6. The van der Waals surface area contributed by atoms with Gasteiger partial charge in [-0.3, -0.25) is 48.1 Å². The molecule has 2 saturated heterocycles. The molecular weight excluding hydrogens is 968 g/mol. The van der Waals surface area contributed by atoms with Crippen molar-refractivity contribution in [3.63, 3.8) is 0 Å². The molecule has 3 heterocycles. The van der Waals surface area contributed by atoms with Crippen LogP contribution in [0.3, 0.4) is 0 Å². The molecule has 1 aromatic carbocycles. The summed E-state index contributed by atoms with van der Waals surface area (Å²) in [4.78, 5) is 130. The first-order valence-corrected chi connectivity index (χ1v) is 25.4. The molecule has 8 atom stereocenters. The highest BCUT2D eigenvalue weighted by Gasteiger charge is 2.43. The number of hydrogen-bond acceptors (Lipinski definition) is 13. The van der Waals surface area contributed by atoms with Crippen LogP contribution in [-0.4, -0.2) is 149 Å². The lowest BCUT2D eigenvalue weighted by atomic mass is 10.0. The maximum atomic E-state index is 14.6. The highest BCUT2D eigenvalue weighted by Crippen LogP contribution is 2.22. The number of guanidine groups is 1. The summed E-state index contributed by atoms with van der Waals surface area (Å²) < 4.78 is 0. The Morgan fingerprint density at radius 2 is 1.57 bits per heavy atom. The van der Waals surface area contributed by atoms with Crippen LogP contribution < -0.4 is 54.4 Å². The Labute approximate surface area is 419 Å². The number of carbonyl (C=O) groups is 9. The molecule has 2 fully saturated rings. The third-order valence-electron chi connectivity index (χ3n) is 11.3. The number of aliphatic imine (C=N–C) groups is 1. The summed E-state index contributed by atoms with van der Waals surface area (Å²) in [6.45, 7) is 5.08. The fourth-order valence-electron chi connectivity index (χ4n) is 7.73. The zero-order valence-corrected chi connectivity index (χ0v) is 41.8. The van der Waals surface area contributed by atoms with E-state index < -0.39 is 114 Å². The van der Waals surface area contributed by atoms with Gasteiger partial charge in [0.15, 0.2) is 5.96 Å². The van der Waals surface area contributed by atoms with E-state index in [0.717, 1.165) is 9.78 Å². The second kappa shape index (κ2) is 28.0. The number of nitrogens with zero attached hydrogens (tertiary/aromatic N) is 2. The van der Waals surface area contributed by atoms with Gasteiger partial charge in [0.05, 0.1) is 12.5 Å². The van der Waals surface area contributed by atoms with Crippen molar-refractivity contribution in [3.8, 4) is 0 Å². The molecule has 9 amide bonds. The average molecular weight is 1030 g/mol. The number of thioether (sulfide) groups is 1. The van der Waals surface area contributed by atoms with Crippen LogP contribution in [0.5, 0.6) is 0 Å². The second-order valence-electron chi connectivity index (χ2n) is 17.3. The minimum absolute atomic E-state index is 0.0225. The fourth-order valence-corrected chi connectivity index (χ4v) is 9.59. The molecule has 2 aromatic rings. The van der Waals surface area contributed by atoms with Crippen molar-refractivity contribution >= 4 is 93.8 Å². The molecule has 0 bridgehead atoms. The Balaban J connectivity index is 1.67. The van der Waals surface area contributed by atoms with Crippen molar-refractivity contribution in [2.45, 2.75) is 121 Å². The van der Waals surface area contributed by atoms with Crippen molar-refractivity contribution in [1.82, 2.24) is 42.1 Å². The molecular formula is C45H65ClN12O10S2. The van der Waals surface area contributed by atoms with Crippen LogP contribution in [-0.2, 0) is 56.0 Å². The van der Waals surface area contributed by atoms with E-state index in [1.165, 1.54) is 23.1 Å². The number of aliphatic hydroxyl groups is 1. The first kappa shape index (κ1) is 56.6. The van der Waals surface area contributed by atoms with Gasteiger partial charge in [0, 0.05) is 61.0 Å². The number of primary amides is 1. The van der Waals surface area contributed by atoms with E-state index in [0.29, 0.717) is 17.0 Å². The normalized spacial score (nSPS) is 23.7. The number of rotatable bonds is 16. The van der Waals surface area contributed by atoms with Crippen molar-refractivity contribution in [2.24, 2.45) is 28.1 Å². The summed E-state index contributed by atoms with van der Waals surface area (Å²) in [6.07, 6.45) is -1.42. The fraction of sp³-hybridized carbons (Fsp3) is 0.556. The van der Waals surface area contributed by atoms with Crippen LogP contribution >= 0.6 is 34.7 Å². The number of halogens is 1. The lowest BCUT2D eigenvalue weighted by Crippen LogP contribution is -2.61. The molecule has 0 saturated carbocycles. The van der Waals surface area contributed by atoms with E-state index in [4.69, 9.17) is 28.8 Å². The van der Waals surface area contributed by atoms with Crippen LogP contribution in [0.25, 0.3) is 0 Å². The molecule has 2 aliphatic rings. The first-order valence-electron chi connectivity index (χ1n) is 23.0. The highest BCUT2D eigenvalue weighted by molar-refractivity contribution is 7.99. The van der Waals surface area contributed by atoms with Crippen LogP contribution in [0.1, 0.15) is 69.7 Å². The van der Waals surface area contributed by atoms with Gasteiger partial charge in [0.25, 0.3) is 0 Å². The van der Waals surface area contributed by atoms with Gasteiger partial charge < -0.3 is 64.4 Å². The molecule has 25 heteroatoms. The highest BCUT2D eigenvalue weighted by atomic mass is 35.5. The molecule has 22 nitrogen and oxygen atoms in total. The predicted molar refractivity (Wildman–Crippen MR) is 265 cm³/mol. The van der Waals surface area contributed by atoms with Gasteiger partial charge in [-0.15, -0.1) is 11.3 Å². The van der Waals surface area contributed by atoms with E-state index in [1.54, 1.807) is 62.5 Å². The monoisotopic (exact) mass is 1030 g/mol. The largest absolute Gasteiger partial charge is 0.391 e. The van der Waals surface area contributed by atoms with Gasteiger partial charge in [-0.25, -0.2) is 0 Å². The molecule has 0 spiro atoms. The van der Waals surface area contributed by atoms with E-state index in [1.807, 2.05) is 0 Å². The number of benzene rings is 1. The summed E-state index contributed by atoms with van der Waals surface area (Å²) in [5.41, 5.74) is 17.1. The van der Waals surface area contributed by atoms with Crippen molar-refractivity contribution in [3.05, 3.63) is 57.2 Å². The molecule has 1 aromatic heterocycles. The third kappa shape index (κ3) is 18.1. The molecule has 4 rings (SSSR count). The number of thiophene rings is 1. The van der Waals surface area contributed by atoms with Gasteiger partial charge in [-0.05, 0) is 67.0 Å². The summed E-state index contributed by atoms with van der Waals surface area (Å²) in [5.74, 6) is -7.48. The number of carbonyl (C=O) groups excluding carboxylic acids is 9. The minimum Gasteiger partial charge on any atom is -0.391 e. The summed E-state index contributed by atoms with van der Waals surface area (Å²) in [5, 5.41) is 31.8. The first-order chi connectivity index (χ1) is 33.3. The topological polar surface area (TPSA) is 352 Å². The molecule has 384 valence electrons. The van der Waals surface area contributed by atoms with E-state index >= 15 is 0 Å². The zero-order valence-electron chi connectivity index (χ0n) is 39.4. The number of nitrogens with two attached hydrogens (primary N) is 3. The van der Waals surface area contributed by atoms with Gasteiger partial charge >= 0.3 is 0 Å². The molecule has 70 heavy (non-hydrogen) atoms. The Morgan fingerprint density at radius 3 is 2.21 bits per heavy atom. The summed E-state index contributed by atoms with van der Waals surface area (Å²) in [6, 6.07) is 1.08. The predicted octanol–water partition coefficient (Wildman–Crippen LogP) is -1.69. The standard InChI is InChI=1S/C45H65ClN12O10S2/c1-4-50-38(62)29(9-5-15-51-45(48)49)53-42(66)34-19-27(59)22-58(34)44(68)33-23-69-16-7-10-36(61)52-30(18-25-11-13-26(46)14-12-25)39(63)54-31(20-28-8-6-17-70-28)41(65)57-37(24(2)3)43(67)55-32(21-35(47)60)40(64)56-33/h6,8,11-14,17,24,27,29-34,37,59H,4-5,7,9-10,15-16,18-23H2,1-3H3,(H2,47,60)(H,50,62)(H,52,61)(H,53,66)(H,54,63)(H,55,67)(H,56,64)(H,57,65)(H4,48,49,51)/t27-,29-,30+,31+,32+,33+,34+,37+/m1/s1. The lowest BCUT2D eigenvalue weighted by Gasteiger charge is -2.31. The van der Waals surface area contributed by atoms with Crippen molar-refractivity contribution in [1.29, 1.82) is 0 Å². The van der Waals surface area contributed by atoms with Crippen molar-refractivity contribution in [2.75, 3.05) is 31.1 Å². The van der Waals surface area contributed by atoms with Gasteiger partial charge in [-0.1, -0.05) is 43.6 Å². The minimum atomic E-state index is -1.66. The molecule has 0 radical (unpaired) electrons. The Kier molecular flexibility index (Phi) is 22.7.